The molecule has 0 radical (unpaired) electrons. The topological polar surface area (TPSA) is 52.3 Å². The molecule has 0 fully saturated rings. The van der Waals surface area contributed by atoms with Crippen molar-refractivity contribution in [2.45, 2.75) is 32.0 Å². The van der Waals surface area contributed by atoms with Gasteiger partial charge in [0, 0.05) is 6.04 Å². The molecule has 0 aliphatic carbocycles. The van der Waals surface area contributed by atoms with Gasteiger partial charge in [0.1, 0.15) is 0 Å². The highest BCUT2D eigenvalue weighted by molar-refractivity contribution is 5.75. The van der Waals surface area contributed by atoms with Crippen LogP contribution in [0.4, 0.5) is 13.2 Å². The molecule has 1 unspecified atom stereocenters. The van der Waals surface area contributed by atoms with Gasteiger partial charge in [-0.3, -0.25) is 0 Å². The van der Waals surface area contributed by atoms with E-state index in [9.17, 15) is 18.0 Å². The van der Waals surface area contributed by atoms with Crippen LogP contribution in [0.1, 0.15) is 19.8 Å². The number of hydrogen-bond donors (Lipinski definition) is 1. The lowest BCUT2D eigenvalue weighted by atomic mass is 10.2. The molecule has 0 aromatic rings. The number of carbonyl (C=O) groups excluding carboxylic acids is 1. The molecule has 2 N–H and O–H groups in total. The second kappa shape index (κ2) is 5.06. The van der Waals surface area contributed by atoms with Crippen LogP contribution in [0, 0.1) is 0 Å². The Morgan fingerprint density at radius 2 is 2.08 bits per heavy atom. The van der Waals surface area contributed by atoms with Gasteiger partial charge in [-0.25, -0.2) is 4.79 Å². The van der Waals surface area contributed by atoms with Gasteiger partial charge in [0.05, 0.1) is 6.61 Å². The Hall–Kier alpha value is -0.780. The van der Waals surface area contributed by atoms with Crippen LogP contribution in [0.2, 0.25) is 0 Å². The van der Waals surface area contributed by atoms with Gasteiger partial charge >= 0.3 is 12.1 Å². The lowest BCUT2D eigenvalue weighted by molar-refractivity contribution is -0.199. The summed E-state index contributed by atoms with van der Waals surface area (Å²) in [6, 6.07) is -0.221. The fraction of sp³-hybridized carbons (Fsp3) is 0.857. The van der Waals surface area contributed by atoms with Crippen molar-refractivity contribution in [2.24, 2.45) is 5.73 Å². The molecule has 0 aliphatic heterocycles. The summed E-state index contributed by atoms with van der Waals surface area (Å²) in [5.74, 6) is -2.16. The Labute approximate surface area is 74.0 Å². The first-order chi connectivity index (χ1) is 5.88. The van der Waals surface area contributed by atoms with E-state index in [1.165, 1.54) is 0 Å². The van der Waals surface area contributed by atoms with Gasteiger partial charge in [-0.05, 0) is 12.8 Å². The molecule has 13 heavy (non-hydrogen) atoms. The third-order valence-electron chi connectivity index (χ3n) is 1.48. The van der Waals surface area contributed by atoms with E-state index in [1.807, 2.05) is 0 Å². The van der Waals surface area contributed by atoms with E-state index in [2.05, 4.69) is 4.74 Å². The molecule has 6 heteroatoms. The van der Waals surface area contributed by atoms with Crippen LogP contribution in [-0.2, 0) is 9.53 Å². The first-order valence-electron chi connectivity index (χ1n) is 3.87. The third kappa shape index (κ3) is 5.46. The van der Waals surface area contributed by atoms with Crippen LogP contribution in [-0.4, -0.2) is 24.8 Å². The SMILES string of the molecule is CCC(N)CCOC(=O)C(F)(F)F. The molecule has 0 heterocycles. The van der Waals surface area contributed by atoms with E-state index in [4.69, 9.17) is 5.73 Å². The lowest BCUT2D eigenvalue weighted by Crippen LogP contribution is -2.28. The number of hydrogen-bond acceptors (Lipinski definition) is 3. The first-order valence-corrected chi connectivity index (χ1v) is 3.87. The molecular weight excluding hydrogens is 187 g/mol. The van der Waals surface area contributed by atoms with Crippen LogP contribution < -0.4 is 5.73 Å². The van der Waals surface area contributed by atoms with Crippen LogP contribution in [0.5, 0.6) is 0 Å². The number of alkyl halides is 3. The van der Waals surface area contributed by atoms with E-state index < -0.39 is 12.1 Å². The van der Waals surface area contributed by atoms with Crippen molar-refractivity contribution in [3.8, 4) is 0 Å². The number of halogens is 3. The summed E-state index contributed by atoms with van der Waals surface area (Å²) in [4.78, 5) is 10.1. The summed E-state index contributed by atoms with van der Waals surface area (Å²) >= 11 is 0. The minimum atomic E-state index is -4.91. The van der Waals surface area contributed by atoms with Crippen molar-refractivity contribution < 1.29 is 22.7 Å². The summed E-state index contributed by atoms with van der Waals surface area (Å²) in [5.41, 5.74) is 5.40. The Bertz CT molecular complexity index is 170. The highest BCUT2D eigenvalue weighted by atomic mass is 19.4. The van der Waals surface area contributed by atoms with Crippen molar-refractivity contribution in [1.29, 1.82) is 0 Å². The fourth-order valence-electron chi connectivity index (χ4n) is 0.589. The molecular formula is C7H12F3NO2. The highest BCUT2D eigenvalue weighted by Gasteiger charge is 2.40. The largest absolute Gasteiger partial charge is 0.490 e. The van der Waals surface area contributed by atoms with Crippen molar-refractivity contribution in [3.05, 3.63) is 0 Å². The van der Waals surface area contributed by atoms with E-state index >= 15 is 0 Å². The van der Waals surface area contributed by atoms with Gasteiger partial charge < -0.3 is 10.5 Å². The summed E-state index contributed by atoms with van der Waals surface area (Å²) in [6.07, 6.45) is -4.02. The molecule has 0 aromatic heterocycles. The molecule has 0 saturated carbocycles. The van der Waals surface area contributed by atoms with Crippen molar-refractivity contribution >= 4 is 5.97 Å². The Balaban J connectivity index is 3.60. The minimum Gasteiger partial charge on any atom is -0.459 e. The van der Waals surface area contributed by atoms with Crippen LogP contribution in [0.15, 0.2) is 0 Å². The molecule has 0 spiro atoms. The molecule has 0 saturated heterocycles. The van der Waals surface area contributed by atoms with Crippen LogP contribution in [0.3, 0.4) is 0 Å². The molecule has 0 aromatic carbocycles. The Morgan fingerprint density at radius 1 is 1.54 bits per heavy atom. The smallest absolute Gasteiger partial charge is 0.459 e. The van der Waals surface area contributed by atoms with Gasteiger partial charge in [-0.15, -0.1) is 0 Å². The Morgan fingerprint density at radius 3 is 2.46 bits per heavy atom. The summed E-state index contributed by atoms with van der Waals surface area (Å²) in [5, 5.41) is 0. The highest BCUT2D eigenvalue weighted by Crippen LogP contribution is 2.16. The number of carbonyl (C=O) groups is 1. The maximum atomic E-state index is 11.5. The monoisotopic (exact) mass is 199 g/mol. The maximum Gasteiger partial charge on any atom is 0.490 e. The van der Waals surface area contributed by atoms with Crippen molar-refractivity contribution in [3.63, 3.8) is 0 Å². The molecule has 0 rings (SSSR count). The van der Waals surface area contributed by atoms with Gasteiger partial charge in [0.25, 0.3) is 0 Å². The van der Waals surface area contributed by atoms with Crippen molar-refractivity contribution in [2.75, 3.05) is 6.61 Å². The summed E-state index contributed by atoms with van der Waals surface area (Å²) in [7, 11) is 0. The predicted octanol–water partition coefficient (Wildman–Crippen LogP) is 1.22. The second-order valence-electron chi connectivity index (χ2n) is 2.59. The van der Waals surface area contributed by atoms with Gasteiger partial charge in [-0.1, -0.05) is 6.92 Å². The second-order valence-corrected chi connectivity index (χ2v) is 2.59. The quantitative estimate of drug-likeness (QED) is 0.692. The van der Waals surface area contributed by atoms with Crippen LogP contribution in [0.25, 0.3) is 0 Å². The van der Waals surface area contributed by atoms with Gasteiger partial charge in [0.2, 0.25) is 0 Å². The zero-order chi connectivity index (χ0) is 10.5. The average Bonchev–Trinajstić information content (AvgIpc) is 2.02. The number of ether oxygens (including phenoxy) is 1. The third-order valence-corrected chi connectivity index (χ3v) is 1.48. The molecule has 0 bridgehead atoms. The van der Waals surface area contributed by atoms with E-state index in [-0.39, 0.29) is 19.1 Å². The van der Waals surface area contributed by atoms with Crippen molar-refractivity contribution in [1.82, 2.24) is 0 Å². The zero-order valence-electron chi connectivity index (χ0n) is 7.23. The van der Waals surface area contributed by atoms with E-state index in [1.54, 1.807) is 6.92 Å². The summed E-state index contributed by atoms with van der Waals surface area (Å²) < 4.78 is 38.6. The molecule has 0 aliphatic rings. The zero-order valence-corrected chi connectivity index (χ0v) is 7.23. The predicted molar refractivity (Wildman–Crippen MR) is 39.9 cm³/mol. The van der Waals surface area contributed by atoms with Gasteiger partial charge in [0.15, 0.2) is 0 Å². The standard InChI is InChI=1S/C7H12F3NO2/c1-2-5(11)3-4-13-6(12)7(8,9)10/h5H,2-4,11H2,1H3. The number of nitrogens with two attached hydrogens (primary N) is 1. The maximum absolute atomic E-state index is 11.5. The van der Waals surface area contributed by atoms with Gasteiger partial charge in [-0.2, -0.15) is 13.2 Å². The normalized spacial score (nSPS) is 13.9. The molecule has 78 valence electrons. The Kier molecular flexibility index (Phi) is 4.76. The fourth-order valence-corrected chi connectivity index (χ4v) is 0.589. The number of rotatable bonds is 4. The number of esters is 1. The molecule has 3 nitrogen and oxygen atoms in total. The average molecular weight is 199 g/mol. The summed E-state index contributed by atoms with van der Waals surface area (Å²) in [6.45, 7) is 1.52. The lowest BCUT2D eigenvalue weighted by Gasteiger charge is -2.10. The van der Waals surface area contributed by atoms with Crippen LogP contribution >= 0.6 is 0 Å². The molecule has 0 amide bonds. The minimum absolute atomic E-state index is 0.221. The first kappa shape index (κ1) is 12.2. The molecule has 1 atom stereocenters. The van der Waals surface area contributed by atoms with E-state index in [0.29, 0.717) is 6.42 Å². The van der Waals surface area contributed by atoms with E-state index in [0.717, 1.165) is 0 Å².